The number of pyridine rings is 1. The quantitative estimate of drug-likeness (QED) is 0.901. The van der Waals surface area contributed by atoms with E-state index in [-0.39, 0.29) is 11.8 Å². The standard InChI is InChI=1S/C18H22N2O3S/c1-24-12-14-5-6-16(23-14)18(22)20-10-7-13(8-11-20)17(21)15-4-2-3-9-19-15/h2-6,9,13,17,21H,7-8,10-12H2,1H3/t17-/m0/s1. The van der Waals surface area contributed by atoms with Gasteiger partial charge in [-0.25, -0.2) is 0 Å². The van der Waals surface area contributed by atoms with Crippen molar-refractivity contribution in [3.8, 4) is 0 Å². The van der Waals surface area contributed by atoms with Crippen LogP contribution in [0.25, 0.3) is 0 Å². The van der Waals surface area contributed by atoms with Crippen LogP contribution >= 0.6 is 11.8 Å². The molecule has 0 spiro atoms. The molecule has 2 aromatic rings. The van der Waals surface area contributed by atoms with E-state index < -0.39 is 6.10 Å². The van der Waals surface area contributed by atoms with E-state index in [4.69, 9.17) is 4.42 Å². The molecule has 1 aliphatic rings. The van der Waals surface area contributed by atoms with Gasteiger partial charge in [-0.15, -0.1) is 0 Å². The molecule has 1 fully saturated rings. The topological polar surface area (TPSA) is 66.6 Å². The summed E-state index contributed by atoms with van der Waals surface area (Å²) in [6, 6.07) is 9.18. The number of thioether (sulfide) groups is 1. The number of furan rings is 1. The maximum atomic E-state index is 12.5. The first-order valence-corrected chi connectivity index (χ1v) is 9.54. The number of amides is 1. The Morgan fingerprint density at radius 2 is 2.17 bits per heavy atom. The average Bonchev–Trinajstić information content (AvgIpc) is 3.10. The summed E-state index contributed by atoms with van der Waals surface area (Å²) in [5.41, 5.74) is 0.704. The second kappa shape index (κ2) is 7.85. The highest BCUT2D eigenvalue weighted by molar-refractivity contribution is 7.97. The fraction of sp³-hybridized carbons (Fsp3) is 0.444. The molecule has 0 saturated carbocycles. The van der Waals surface area contributed by atoms with Gasteiger partial charge in [-0.05, 0) is 49.3 Å². The summed E-state index contributed by atoms with van der Waals surface area (Å²) in [6.45, 7) is 1.26. The molecule has 0 unspecified atom stereocenters. The minimum atomic E-state index is -0.569. The third kappa shape index (κ3) is 3.82. The normalized spacial score (nSPS) is 17.0. The zero-order valence-electron chi connectivity index (χ0n) is 13.7. The predicted molar refractivity (Wildman–Crippen MR) is 93.8 cm³/mol. The summed E-state index contributed by atoms with van der Waals surface area (Å²) in [5, 5.41) is 10.5. The van der Waals surface area contributed by atoms with Gasteiger partial charge < -0.3 is 14.4 Å². The second-order valence-electron chi connectivity index (χ2n) is 6.03. The van der Waals surface area contributed by atoms with Crippen LogP contribution in [-0.4, -0.2) is 40.2 Å². The lowest BCUT2D eigenvalue weighted by Gasteiger charge is -2.33. The maximum Gasteiger partial charge on any atom is 0.289 e. The van der Waals surface area contributed by atoms with E-state index >= 15 is 0 Å². The van der Waals surface area contributed by atoms with Crippen molar-refractivity contribution in [1.82, 2.24) is 9.88 Å². The van der Waals surface area contributed by atoms with Crippen molar-refractivity contribution >= 4 is 17.7 Å². The van der Waals surface area contributed by atoms with Gasteiger partial charge in [0.2, 0.25) is 0 Å². The van der Waals surface area contributed by atoms with Crippen molar-refractivity contribution in [3.63, 3.8) is 0 Å². The van der Waals surface area contributed by atoms with Gasteiger partial charge in [0.15, 0.2) is 5.76 Å². The van der Waals surface area contributed by atoms with Crippen molar-refractivity contribution in [2.45, 2.75) is 24.7 Å². The number of nitrogens with zero attached hydrogens (tertiary/aromatic N) is 2. The minimum Gasteiger partial charge on any atom is -0.455 e. The zero-order chi connectivity index (χ0) is 16.9. The van der Waals surface area contributed by atoms with Crippen LogP contribution in [0.5, 0.6) is 0 Å². The largest absolute Gasteiger partial charge is 0.455 e. The SMILES string of the molecule is CSCc1ccc(C(=O)N2CCC([C@H](O)c3ccccn3)CC2)o1. The molecule has 0 aromatic carbocycles. The van der Waals surface area contributed by atoms with Gasteiger partial charge in [0.05, 0.1) is 17.6 Å². The Labute approximate surface area is 146 Å². The van der Waals surface area contributed by atoms with Gasteiger partial charge in [-0.3, -0.25) is 9.78 Å². The van der Waals surface area contributed by atoms with E-state index in [0.717, 1.165) is 24.4 Å². The van der Waals surface area contributed by atoms with Crippen LogP contribution in [0.1, 0.15) is 41.0 Å². The Balaban J connectivity index is 1.57. The number of carbonyl (C=O) groups excluding carboxylic acids is 1. The van der Waals surface area contributed by atoms with E-state index in [1.54, 1.807) is 24.0 Å². The molecule has 1 atom stereocenters. The first-order valence-electron chi connectivity index (χ1n) is 8.15. The molecule has 3 heterocycles. The first kappa shape index (κ1) is 17.0. The first-order chi connectivity index (χ1) is 11.7. The minimum absolute atomic E-state index is 0.0619. The number of aliphatic hydroxyl groups excluding tert-OH is 1. The Bertz CT molecular complexity index is 666. The average molecular weight is 346 g/mol. The number of hydrogen-bond donors (Lipinski definition) is 1. The lowest BCUT2D eigenvalue weighted by molar-refractivity contribution is 0.0428. The number of piperidine rings is 1. The van der Waals surface area contributed by atoms with Crippen molar-refractivity contribution in [2.75, 3.05) is 19.3 Å². The third-order valence-electron chi connectivity index (χ3n) is 4.42. The van der Waals surface area contributed by atoms with E-state index in [2.05, 4.69) is 4.98 Å². The molecule has 0 aliphatic carbocycles. The number of aliphatic hydroxyl groups is 1. The lowest BCUT2D eigenvalue weighted by Crippen LogP contribution is -2.39. The van der Waals surface area contributed by atoms with Crippen LogP contribution < -0.4 is 0 Å². The molecule has 128 valence electrons. The van der Waals surface area contributed by atoms with Gasteiger partial charge >= 0.3 is 0 Å². The summed E-state index contributed by atoms with van der Waals surface area (Å²) >= 11 is 1.66. The Kier molecular flexibility index (Phi) is 5.58. The number of aromatic nitrogens is 1. The fourth-order valence-electron chi connectivity index (χ4n) is 3.08. The molecule has 1 aliphatic heterocycles. The monoisotopic (exact) mass is 346 g/mol. The molecular weight excluding hydrogens is 324 g/mol. The van der Waals surface area contributed by atoms with Crippen molar-refractivity contribution in [1.29, 1.82) is 0 Å². The van der Waals surface area contributed by atoms with Gasteiger partial charge in [0.1, 0.15) is 5.76 Å². The van der Waals surface area contributed by atoms with E-state index in [0.29, 0.717) is 24.5 Å². The molecule has 5 nitrogen and oxygen atoms in total. The van der Waals surface area contributed by atoms with Crippen molar-refractivity contribution in [3.05, 3.63) is 53.7 Å². The van der Waals surface area contributed by atoms with Crippen LogP contribution in [0.4, 0.5) is 0 Å². The molecule has 24 heavy (non-hydrogen) atoms. The van der Waals surface area contributed by atoms with Crippen LogP contribution in [0, 0.1) is 5.92 Å². The van der Waals surface area contributed by atoms with Gasteiger partial charge in [0, 0.05) is 19.3 Å². The molecule has 1 N–H and O–H groups in total. The Morgan fingerprint density at radius 1 is 1.38 bits per heavy atom. The maximum absolute atomic E-state index is 12.5. The molecule has 3 rings (SSSR count). The molecule has 0 radical (unpaired) electrons. The molecule has 0 bridgehead atoms. The number of likely N-dealkylation sites (tertiary alicyclic amines) is 1. The second-order valence-corrected chi connectivity index (χ2v) is 6.89. The van der Waals surface area contributed by atoms with Crippen LogP contribution in [0.15, 0.2) is 40.9 Å². The fourth-order valence-corrected chi connectivity index (χ4v) is 3.52. The summed E-state index contributed by atoms with van der Waals surface area (Å²) in [4.78, 5) is 18.6. The summed E-state index contributed by atoms with van der Waals surface area (Å²) in [6.07, 6.45) is 4.66. The van der Waals surface area contributed by atoms with Crippen molar-refractivity contribution in [2.24, 2.45) is 5.92 Å². The summed E-state index contributed by atoms with van der Waals surface area (Å²) in [5.74, 6) is 2.07. The highest BCUT2D eigenvalue weighted by Crippen LogP contribution is 2.30. The van der Waals surface area contributed by atoms with Crippen LogP contribution in [0.2, 0.25) is 0 Å². The molecule has 2 aromatic heterocycles. The van der Waals surface area contributed by atoms with Crippen LogP contribution in [-0.2, 0) is 5.75 Å². The zero-order valence-corrected chi connectivity index (χ0v) is 14.5. The Morgan fingerprint density at radius 3 is 2.83 bits per heavy atom. The highest BCUT2D eigenvalue weighted by Gasteiger charge is 2.30. The molecule has 1 saturated heterocycles. The number of carbonyl (C=O) groups is 1. The van der Waals surface area contributed by atoms with E-state index in [1.165, 1.54) is 0 Å². The van der Waals surface area contributed by atoms with Gasteiger partial charge in [-0.2, -0.15) is 11.8 Å². The van der Waals surface area contributed by atoms with Gasteiger partial charge in [-0.1, -0.05) is 6.07 Å². The summed E-state index contributed by atoms with van der Waals surface area (Å²) < 4.78 is 5.61. The predicted octanol–water partition coefficient (Wildman–Crippen LogP) is 3.12. The highest BCUT2D eigenvalue weighted by atomic mass is 32.2. The van der Waals surface area contributed by atoms with E-state index in [1.807, 2.05) is 35.4 Å². The van der Waals surface area contributed by atoms with E-state index in [9.17, 15) is 9.90 Å². The van der Waals surface area contributed by atoms with Crippen LogP contribution in [0.3, 0.4) is 0 Å². The molecule has 1 amide bonds. The lowest BCUT2D eigenvalue weighted by atomic mass is 9.89. The van der Waals surface area contributed by atoms with Gasteiger partial charge in [0.25, 0.3) is 5.91 Å². The molecule has 6 heteroatoms. The smallest absolute Gasteiger partial charge is 0.289 e. The third-order valence-corrected chi connectivity index (χ3v) is 5.00. The summed E-state index contributed by atoms with van der Waals surface area (Å²) in [7, 11) is 0. The Hall–Kier alpha value is -1.79. The number of rotatable bonds is 5. The van der Waals surface area contributed by atoms with Crippen molar-refractivity contribution < 1.29 is 14.3 Å². The molecular formula is C18H22N2O3S. The number of hydrogen-bond acceptors (Lipinski definition) is 5.